The van der Waals surface area contributed by atoms with Gasteiger partial charge in [-0.2, -0.15) is 0 Å². The SMILES string of the molecule is CCCN(CC)c1ccc(C(=O)N(C2CC2)[C@H](C)c2ccco2)cc1. The van der Waals surface area contributed by atoms with Crippen molar-refractivity contribution in [1.82, 2.24) is 4.90 Å². The first kappa shape index (κ1) is 17.6. The van der Waals surface area contributed by atoms with Gasteiger partial charge in [0.05, 0.1) is 12.3 Å². The summed E-state index contributed by atoms with van der Waals surface area (Å²) in [6, 6.07) is 12.2. The fraction of sp³-hybridized carbons (Fsp3) is 0.476. The fourth-order valence-electron chi connectivity index (χ4n) is 3.38. The van der Waals surface area contributed by atoms with Crippen LogP contribution in [-0.2, 0) is 0 Å². The first-order valence-electron chi connectivity index (χ1n) is 9.36. The minimum absolute atomic E-state index is 0.0399. The number of amides is 1. The predicted molar refractivity (Wildman–Crippen MR) is 101 cm³/mol. The van der Waals surface area contributed by atoms with E-state index in [4.69, 9.17) is 4.42 Å². The van der Waals surface area contributed by atoms with E-state index in [2.05, 4.69) is 30.9 Å². The second-order valence-electron chi connectivity index (χ2n) is 6.76. The van der Waals surface area contributed by atoms with Crippen LogP contribution in [0.5, 0.6) is 0 Å². The Hall–Kier alpha value is -2.23. The molecule has 1 fully saturated rings. The molecule has 1 aliphatic rings. The second kappa shape index (κ2) is 7.77. The third-order valence-corrected chi connectivity index (χ3v) is 4.90. The maximum absolute atomic E-state index is 13.1. The summed E-state index contributed by atoms with van der Waals surface area (Å²) in [7, 11) is 0. The van der Waals surface area contributed by atoms with Crippen LogP contribution in [0.2, 0.25) is 0 Å². The molecule has 3 rings (SSSR count). The van der Waals surface area contributed by atoms with Gasteiger partial charge in [-0.1, -0.05) is 6.92 Å². The van der Waals surface area contributed by atoms with E-state index in [0.29, 0.717) is 6.04 Å². The Bertz CT molecular complexity index is 674. The summed E-state index contributed by atoms with van der Waals surface area (Å²) in [5.41, 5.74) is 1.93. The lowest BCUT2D eigenvalue weighted by atomic mass is 10.1. The van der Waals surface area contributed by atoms with Gasteiger partial charge in [0.1, 0.15) is 5.76 Å². The highest BCUT2D eigenvalue weighted by atomic mass is 16.3. The Morgan fingerprint density at radius 3 is 2.44 bits per heavy atom. The normalized spacial score (nSPS) is 15.0. The lowest BCUT2D eigenvalue weighted by Gasteiger charge is -2.28. The Labute approximate surface area is 150 Å². The highest BCUT2D eigenvalue weighted by Crippen LogP contribution is 2.36. The minimum atomic E-state index is -0.0399. The van der Waals surface area contributed by atoms with Crippen molar-refractivity contribution in [3.63, 3.8) is 0 Å². The molecule has 0 aliphatic heterocycles. The average molecular weight is 340 g/mol. The smallest absolute Gasteiger partial charge is 0.254 e. The highest BCUT2D eigenvalue weighted by Gasteiger charge is 2.37. The number of carbonyl (C=O) groups is 1. The van der Waals surface area contributed by atoms with Crippen molar-refractivity contribution in [2.75, 3.05) is 18.0 Å². The minimum Gasteiger partial charge on any atom is -0.467 e. The molecule has 0 saturated heterocycles. The van der Waals surface area contributed by atoms with Gasteiger partial charge in [0, 0.05) is 30.4 Å². The third-order valence-electron chi connectivity index (χ3n) is 4.90. The summed E-state index contributed by atoms with van der Waals surface area (Å²) < 4.78 is 5.53. The van der Waals surface area contributed by atoms with Crippen LogP contribution >= 0.6 is 0 Å². The molecule has 4 heteroatoms. The summed E-state index contributed by atoms with van der Waals surface area (Å²) >= 11 is 0. The number of hydrogen-bond donors (Lipinski definition) is 0. The molecule has 25 heavy (non-hydrogen) atoms. The largest absolute Gasteiger partial charge is 0.467 e. The van der Waals surface area contributed by atoms with Crippen LogP contribution in [0.3, 0.4) is 0 Å². The first-order chi connectivity index (χ1) is 12.2. The van der Waals surface area contributed by atoms with Crippen molar-refractivity contribution >= 4 is 11.6 Å². The molecule has 4 nitrogen and oxygen atoms in total. The predicted octanol–water partition coefficient (Wildman–Crippen LogP) is 4.88. The molecule has 2 aromatic rings. The zero-order valence-corrected chi connectivity index (χ0v) is 15.4. The second-order valence-corrected chi connectivity index (χ2v) is 6.76. The molecule has 1 saturated carbocycles. The summed E-state index contributed by atoms with van der Waals surface area (Å²) in [5.74, 6) is 0.938. The molecule has 134 valence electrons. The fourth-order valence-corrected chi connectivity index (χ4v) is 3.38. The topological polar surface area (TPSA) is 36.7 Å². The highest BCUT2D eigenvalue weighted by molar-refractivity contribution is 5.95. The molecule has 0 bridgehead atoms. The monoisotopic (exact) mass is 340 g/mol. The van der Waals surface area contributed by atoms with Crippen LogP contribution in [0.1, 0.15) is 62.2 Å². The van der Waals surface area contributed by atoms with Gasteiger partial charge in [0.25, 0.3) is 5.91 Å². The molecular weight excluding hydrogens is 312 g/mol. The van der Waals surface area contributed by atoms with Gasteiger partial charge in [0.15, 0.2) is 0 Å². The summed E-state index contributed by atoms with van der Waals surface area (Å²) in [4.78, 5) is 17.4. The summed E-state index contributed by atoms with van der Waals surface area (Å²) in [6.07, 6.45) is 4.94. The maximum Gasteiger partial charge on any atom is 0.254 e. The van der Waals surface area contributed by atoms with E-state index in [-0.39, 0.29) is 11.9 Å². The Balaban J connectivity index is 1.78. The van der Waals surface area contributed by atoms with E-state index in [9.17, 15) is 4.79 Å². The van der Waals surface area contributed by atoms with E-state index >= 15 is 0 Å². The first-order valence-corrected chi connectivity index (χ1v) is 9.36. The molecular formula is C21H28N2O2. The van der Waals surface area contributed by atoms with Crippen molar-refractivity contribution in [2.24, 2.45) is 0 Å². The molecule has 1 amide bonds. The van der Waals surface area contributed by atoms with Crippen LogP contribution in [0.4, 0.5) is 5.69 Å². The lowest BCUT2D eigenvalue weighted by Crippen LogP contribution is -2.35. The molecule has 0 spiro atoms. The van der Waals surface area contributed by atoms with Crippen molar-refractivity contribution in [3.05, 3.63) is 54.0 Å². The van der Waals surface area contributed by atoms with Gasteiger partial charge < -0.3 is 14.2 Å². The van der Waals surface area contributed by atoms with Crippen LogP contribution < -0.4 is 4.90 Å². The molecule has 1 heterocycles. The van der Waals surface area contributed by atoms with Crippen LogP contribution in [0, 0.1) is 0 Å². The molecule has 0 N–H and O–H groups in total. The third kappa shape index (κ3) is 3.89. The van der Waals surface area contributed by atoms with Gasteiger partial charge in [0.2, 0.25) is 0 Å². The quantitative estimate of drug-likeness (QED) is 0.687. The molecule has 1 atom stereocenters. The van der Waals surface area contributed by atoms with E-state index in [0.717, 1.165) is 43.7 Å². The zero-order valence-electron chi connectivity index (χ0n) is 15.4. The van der Waals surface area contributed by atoms with E-state index in [1.54, 1.807) is 6.26 Å². The summed E-state index contributed by atoms with van der Waals surface area (Å²) in [5, 5.41) is 0. The number of anilines is 1. The number of carbonyl (C=O) groups excluding carboxylic acids is 1. The van der Waals surface area contributed by atoms with Crippen LogP contribution in [0.15, 0.2) is 47.1 Å². The van der Waals surface area contributed by atoms with Crippen molar-refractivity contribution in [1.29, 1.82) is 0 Å². The Kier molecular flexibility index (Phi) is 5.47. The maximum atomic E-state index is 13.1. The average Bonchev–Trinajstić information content (AvgIpc) is 3.31. The van der Waals surface area contributed by atoms with E-state index in [1.165, 1.54) is 5.69 Å². The van der Waals surface area contributed by atoms with Gasteiger partial charge in [-0.05, 0) is 69.5 Å². The van der Waals surface area contributed by atoms with Crippen molar-refractivity contribution in [2.45, 2.75) is 52.1 Å². The van der Waals surface area contributed by atoms with Gasteiger partial charge in [-0.15, -0.1) is 0 Å². The molecule has 1 aliphatic carbocycles. The number of furan rings is 1. The van der Waals surface area contributed by atoms with E-state index < -0.39 is 0 Å². The zero-order chi connectivity index (χ0) is 17.8. The molecule has 0 radical (unpaired) electrons. The van der Waals surface area contributed by atoms with Gasteiger partial charge in [-0.3, -0.25) is 4.79 Å². The number of rotatable bonds is 8. The Morgan fingerprint density at radius 1 is 1.20 bits per heavy atom. The number of hydrogen-bond acceptors (Lipinski definition) is 3. The number of nitrogens with zero attached hydrogens (tertiary/aromatic N) is 2. The van der Waals surface area contributed by atoms with Crippen molar-refractivity contribution < 1.29 is 9.21 Å². The number of benzene rings is 1. The van der Waals surface area contributed by atoms with Crippen molar-refractivity contribution in [3.8, 4) is 0 Å². The molecule has 1 aromatic heterocycles. The van der Waals surface area contributed by atoms with E-state index in [1.807, 2.05) is 36.1 Å². The molecule has 1 aromatic carbocycles. The van der Waals surface area contributed by atoms with Crippen LogP contribution in [0.25, 0.3) is 0 Å². The Morgan fingerprint density at radius 2 is 1.92 bits per heavy atom. The summed E-state index contributed by atoms with van der Waals surface area (Å²) in [6.45, 7) is 8.40. The van der Waals surface area contributed by atoms with Crippen LogP contribution in [-0.4, -0.2) is 29.9 Å². The van der Waals surface area contributed by atoms with Gasteiger partial charge >= 0.3 is 0 Å². The lowest BCUT2D eigenvalue weighted by molar-refractivity contribution is 0.0653. The molecule has 0 unspecified atom stereocenters. The standard InChI is InChI=1S/C21H28N2O2/c1-4-14-22(5-2)18-10-8-17(9-11-18)21(24)23(19-12-13-19)16(3)20-7-6-15-25-20/h6-11,15-16,19H,4-5,12-14H2,1-3H3/t16-/m1/s1. The van der Waals surface area contributed by atoms with Gasteiger partial charge in [-0.25, -0.2) is 0 Å².